The van der Waals surface area contributed by atoms with E-state index in [1.807, 2.05) is 0 Å². The highest BCUT2D eigenvalue weighted by Gasteiger charge is 2.23. The number of amides is 1. The summed E-state index contributed by atoms with van der Waals surface area (Å²) in [6.07, 6.45) is 1.06. The van der Waals surface area contributed by atoms with Crippen LogP contribution in [0.4, 0.5) is 5.69 Å². The Hall–Kier alpha value is -3.31. The monoisotopic (exact) mass is 432 g/mol. The third-order valence-electron chi connectivity index (χ3n) is 4.17. The molecule has 1 fully saturated rings. The number of nitrogens with zero attached hydrogens (tertiary/aromatic N) is 3. The number of hydrogen-bond donors (Lipinski definition) is 1. The smallest absolute Gasteiger partial charge is 0.332 e. The van der Waals surface area contributed by atoms with Crippen LogP contribution < -0.4 is 19.5 Å². The minimum atomic E-state index is -0.675. The summed E-state index contributed by atoms with van der Waals surface area (Å²) >= 11 is 0.923. The normalized spacial score (nSPS) is 15.9. The molecule has 1 aliphatic rings. The number of esters is 1. The highest BCUT2D eigenvalue weighted by Crippen LogP contribution is 2.27. The summed E-state index contributed by atoms with van der Waals surface area (Å²) in [6.45, 7) is 1.60. The van der Waals surface area contributed by atoms with Crippen LogP contribution in [0.2, 0.25) is 0 Å². The van der Waals surface area contributed by atoms with Gasteiger partial charge in [-0.05, 0) is 12.1 Å². The predicted molar refractivity (Wildman–Crippen MR) is 109 cm³/mol. The van der Waals surface area contributed by atoms with Gasteiger partial charge in [-0.3, -0.25) is 9.59 Å². The number of hydrogen-bond acceptors (Lipinski definition) is 9. The molecule has 0 spiro atoms. The molecule has 1 amide bonds. The topological polar surface area (TPSA) is 123 Å². The quantitative estimate of drug-likeness (QED) is 0.530. The number of methoxy groups -OCH3 is 2. The van der Waals surface area contributed by atoms with Crippen molar-refractivity contribution in [2.45, 2.75) is 0 Å². The van der Waals surface area contributed by atoms with Crippen LogP contribution in [0.5, 0.6) is 5.75 Å². The van der Waals surface area contributed by atoms with Crippen LogP contribution in [-0.4, -0.2) is 62.3 Å². The molecule has 1 aliphatic heterocycles. The van der Waals surface area contributed by atoms with Crippen molar-refractivity contribution in [3.63, 3.8) is 0 Å². The van der Waals surface area contributed by atoms with Crippen molar-refractivity contribution in [1.82, 2.24) is 9.88 Å². The summed E-state index contributed by atoms with van der Waals surface area (Å²) in [6, 6.07) is 6.95. The molecule has 0 radical (unpaired) electrons. The molecule has 10 nitrogen and oxygen atoms in total. The Morgan fingerprint density at radius 2 is 1.97 bits per heavy atom. The van der Waals surface area contributed by atoms with Gasteiger partial charge >= 0.3 is 5.97 Å². The molecular weight excluding hydrogens is 412 g/mol. The average molecular weight is 432 g/mol. The van der Waals surface area contributed by atoms with E-state index in [2.05, 4.69) is 19.9 Å². The standard InChI is InChI=1S/C19H20N4O6S/c1-27-13-6-4-3-5-12(13)21-22-16(19(26)23-7-9-29-10-8-23)18-20-17(25)14(30-18)11-15(24)28-2/h3-6,11H,7-10H2,1-2H3,(H,20,25)/b14-11+,18-16?,22-21?. The predicted octanol–water partition coefficient (Wildman–Crippen LogP) is 0.149. The molecule has 2 aromatic rings. The maximum atomic E-state index is 13.1. The van der Waals surface area contributed by atoms with Crippen LogP contribution in [0.3, 0.4) is 0 Å². The van der Waals surface area contributed by atoms with E-state index in [0.29, 0.717) is 37.7 Å². The van der Waals surface area contributed by atoms with E-state index in [1.54, 1.807) is 29.2 Å². The first-order valence-corrected chi connectivity index (χ1v) is 9.80. The number of azo groups is 1. The lowest BCUT2D eigenvalue weighted by atomic mass is 10.3. The molecule has 3 rings (SSSR count). The molecule has 1 saturated heterocycles. The summed E-state index contributed by atoms with van der Waals surface area (Å²) in [7, 11) is 2.71. The number of benzene rings is 1. The van der Waals surface area contributed by atoms with Crippen LogP contribution in [0.25, 0.3) is 11.8 Å². The summed E-state index contributed by atoms with van der Waals surface area (Å²) in [5.41, 5.74) is -0.151. The van der Waals surface area contributed by atoms with Gasteiger partial charge in [-0.2, -0.15) is 0 Å². The number of H-pyrrole nitrogens is 1. The van der Waals surface area contributed by atoms with E-state index in [-0.39, 0.29) is 14.9 Å². The van der Waals surface area contributed by atoms with Crippen LogP contribution in [0.15, 0.2) is 39.3 Å². The van der Waals surface area contributed by atoms with Crippen LogP contribution in [-0.2, 0) is 19.1 Å². The zero-order valence-electron chi connectivity index (χ0n) is 16.4. The Morgan fingerprint density at radius 1 is 1.23 bits per heavy atom. The molecule has 0 unspecified atom stereocenters. The Morgan fingerprint density at radius 3 is 2.67 bits per heavy atom. The van der Waals surface area contributed by atoms with E-state index >= 15 is 0 Å². The van der Waals surface area contributed by atoms with Gasteiger partial charge < -0.3 is 24.1 Å². The molecular formula is C19H20N4O6S. The summed E-state index contributed by atoms with van der Waals surface area (Å²) < 4.78 is 15.4. The molecule has 1 aromatic carbocycles. The van der Waals surface area contributed by atoms with E-state index < -0.39 is 17.4 Å². The lowest BCUT2D eigenvalue weighted by Gasteiger charge is -2.26. The van der Waals surface area contributed by atoms with Crippen molar-refractivity contribution < 1.29 is 23.8 Å². The minimum Gasteiger partial charge on any atom is -0.494 e. The van der Waals surface area contributed by atoms with Crippen molar-refractivity contribution in [1.29, 1.82) is 0 Å². The maximum absolute atomic E-state index is 13.1. The zero-order valence-corrected chi connectivity index (χ0v) is 17.2. The number of nitrogens with one attached hydrogen (secondary N) is 1. The van der Waals surface area contributed by atoms with E-state index in [0.717, 1.165) is 17.4 Å². The molecule has 2 heterocycles. The van der Waals surface area contributed by atoms with Gasteiger partial charge in [0.25, 0.3) is 11.5 Å². The second-order valence-corrected chi connectivity index (χ2v) is 7.09. The van der Waals surface area contributed by atoms with E-state index in [4.69, 9.17) is 9.47 Å². The van der Waals surface area contributed by atoms with E-state index in [9.17, 15) is 14.4 Å². The second-order valence-electron chi connectivity index (χ2n) is 6.04. The minimum absolute atomic E-state index is 0.0468. The Kier molecular flexibility index (Phi) is 7.09. The maximum Gasteiger partial charge on any atom is 0.332 e. The number of para-hydroxylation sites is 1. The SMILES string of the molecule is COC(=O)/C=c1/sc(=C(N=Nc2ccccc2OC)C(=O)N2CCOCC2)[nH]c1=O. The van der Waals surface area contributed by atoms with Gasteiger partial charge in [0.15, 0.2) is 5.70 Å². The zero-order chi connectivity index (χ0) is 21.5. The molecule has 0 saturated carbocycles. The Labute approximate surface area is 175 Å². The molecule has 30 heavy (non-hydrogen) atoms. The van der Waals surface area contributed by atoms with Crippen LogP contribution in [0, 0.1) is 0 Å². The number of ether oxygens (including phenoxy) is 3. The highest BCUT2D eigenvalue weighted by molar-refractivity contribution is 7.07. The van der Waals surface area contributed by atoms with E-state index in [1.165, 1.54) is 14.2 Å². The number of carbonyl (C=O) groups excluding carboxylic acids is 2. The Bertz CT molecular complexity index is 1130. The third-order valence-corrected chi connectivity index (χ3v) is 5.19. The lowest BCUT2D eigenvalue weighted by Crippen LogP contribution is -2.42. The summed E-state index contributed by atoms with van der Waals surface area (Å²) in [5, 5.41) is 8.29. The fourth-order valence-electron chi connectivity index (χ4n) is 2.63. The first kappa shape index (κ1) is 21.4. The van der Waals surface area contributed by atoms with Gasteiger partial charge in [0.05, 0.1) is 27.4 Å². The van der Waals surface area contributed by atoms with Crippen molar-refractivity contribution in [3.8, 4) is 5.75 Å². The molecule has 11 heteroatoms. The molecule has 1 N–H and O–H groups in total. The molecule has 0 atom stereocenters. The molecule has 1 aromatic heterocycles. The van der Waals surface area contributed by atoms with Crippen molar-refractivity contribution in [2.75, 3.05) is 40.5 Å². The van der Waals surface area contributed by atoms with Crippen molar-refractivity contribution >= 4 is 40.7 Å². The first-order valence-electron chi connectivity index (χ1n) is 8.98. The second kappa shape index (κ2) is 9.94. The molecule has 0 bridgehead atoms. The summed E-state index contributed by atoms with van der Waals surface area (Å²) in [4.78, 5) is 41.0. The van der Waals surface area contributed by atoms with Crippen molar-refractivity contribution in [2.24, 2.45) is 10.2 Å². The number of aromatic amines is 1. The number of aromatic nitrogens is 1. The Balaban J connectivity index is 2.12. The van der Waals surface area contributed by atoms with Crippen LogP contribution in [0.1, 0.15) is 0 Å². The lowest BCUT2D eigenvalue weighted by molar-refractivity contribution is -0.133. The highest BCUT2D eigenvalue weighted by atomic mass is 32.1. The van der Waals surface area contributed by atoms with Gasteiger partial charge in [0.2, 0.25) is 0 Å². The van der Waals surface area contributed by atoms with Gasteiger partial charge in [-0.15, -0.1) is 21.6 Å². The largest absolute Gasteiger partial charge is 0.494 e. The van der Waals surface area contributed by atoms with Gasteiger partial charge in [0.1, 0.15) is 20.6 Å². The molecule has 0 aliphatic carbocycles. The third kappa shape index (κ3) is 4.99. The number of carbonyl (C=O) groups is 2. The number of thiazole rings is 1. The van der Waals surface area contributed by atoms with Crippen molar-refractivity contribution in [3.05, 3.63) is 43.8 Å². The fourth-order valence-corrected chi connectivity index (χ4v) is 3.52. The van der Waals surface area contributed by atoms with Gasteiger partial charge in [-0.1, -0.05) is 12.1 Å². The fraction of sp³-hybridized carbons (Fsp3) is 0.316. The van der Waals surface area contributed by atoms with Gasteiger partial charge in [0, 0.05) is 19.2 Å². The summed E-state index contributed by atoms with van der Waals surface area (Å²) in [5.74, 6) is -0.594. The molecule has 158 valence electrons. The number of rotatable bonds is 5. The average Bonchev–Trinajstić information content (AvgIpc) is 3.14. The number of morpholine rings is 1. The first-order chi connectivity index (χ1) is 14.5. The van der Waals surface area contributed by atoms with Gasteiger partial charge in [-0.25, -0.2) is 4.79 Å². The van der Waals surface area contributed by atoms with Crippen LogP contribution >= 0.6 is 11.3 Å².